The second-order valence-electron chi connectivity index (χ2n) is 7.26. The van der Waals surface area contributed by atoms with Crippen LogP contribution in [0.3, 0.4) is 0 Å². The number of likely N-dealkylation sites (N-methyl/N-ethyl adjacent to an activating group) is 1. The fraction of sp³-hybridized carbons (Fsp3) is 0.600. The standard InChI is InChI=1S/C20H28N4O/c1-22-10-3-2-5-19(22)20(25)24-12-4-11-23(13-14-24)16-18-8-6-17(15-21)7-9-18/h6-9,19H,2-5,10-14,16H2,1H3. The molecule has 2 saturated heterocycles. The Morgan fingerprint density at radius 3 is 2.60 bits per heavy atom. The van der Waals surface area contributed by atoms with Crippen molar-refractivity contribution in [3.05, 3.63) is 35.4 Å². The zero-order valence-electron chi connectivity index (χ0n) is 15.2. The Morgan fingerprint density at radius 2 is 1.88 bits per heavy atom. The molecule has 2 heterocycles. The molecule has 3 rings (SSSR count). The van der Waals surface area contributed by atoms with E-state index in [-0.39, 0.29) is 6.04 Å². The topological polar surface area (TPSA) is 50.6 Å². The van der Waals surface area contributed by atoms with E-state index in [0.29, 0.717) is 11.5 Å². The fourth-order valence-corrected chi connectivity index (χ4v) is 3.89. The summed E-state index contributed by atoms with van der Waals surface area (Å²) in [4.78, 5) is 19.6. The first-order chi connectivity index (χ1) is 12.2. The van der Waals surface area contributed by atoms with Gasteiger partial charge in [-0.1, -0.05) is 18.6 Å². The Bertz CT molecular complexity index is 622. The molecule has 5 nitrogen and oxygen atoms in total. The van der Waals surface area contributed by atoms with Crippen LogP contribution in [-0.2, 0) is 11.3 Å². The summed E-state index contributed by atoms with van der Waals surface area (Å²) in [5, 5.41) is 8.89. The number of rotatable bonds is 3. The lowest BCUT2D eigenvalue weighted by molar-refractivity contribution is -0.137. The van der Waals surface area contributed by atoms with Gasteiger partial charge < -0.3 is 4.90 Å². The Labute approximate surface area is 150 Å². The van der Waals surface area contributed by atoms with Crippen molar-refractivity contribution in [2.24, 2.45) is 0 Å². The lowest BCUT2D eigenvalue weighted by Gasteiger charge is -2.35. The zero-order chi connectivity index (χ0) is 17.6. The molecular weight excluding hydrogens is 312 g/mol. The average molecular weight is 340 g/mol. The molecule has 0 saturated carbocycles. The molecule has 0 aromatic heterocycles. The first kappa shape index (κ1) is 17.9. The Kier molecular flexibility index (Phi) is 6.06. The van der Waals surface area contributed by atoms with Gasteiger partial charge in [0.2, 0.25) is 5.91 Å². The fourth-order valence-electron chi connectivity index (χ4n) is 3.89. The van der Waals surface area contributed by atoms with E-state index in [4.69, 9.17) is 5.26 Å². The van der Waals surface area contributed by atoms with Crippen LogP contribution >= 0.6 is 0 Å². The summed E-state index contributed by atoms with van der Waals surface area (Å²) in [7, 11) is 2.08. The average Bonchev–Trinajstić information content (AvgIpc) is 2.88. The van der Waals surface area contributed by atoms with Crippen LogP contribution in [-0.4, -0.2) is 66.4 Å². The molecule has 2 aliphatic rings. The number of nitrogens with zero attached hydrogens (tertiary/aromatic N) is 4. The lowest BCUT2D eigenvalue weighted by Crippen LogP contribution is -2.50. The monoisotopic (exact) mass is 340 g/mol. The van der Waals surface area contributed by atoms with E-state index in [1.807, 2.05) is 24.3 Å². The van der Waals surface area contributed by atoms with E-state index in [2.05, 4.69) is 27.8 Å². The summed E-state index contributed by atoms with van der Waals surface area (Å²) in [6.45, 7) is 5.55. The number of hydrogen-bond donors (Lipinski definition) is 0. The Balaban J connectivity index is 1.54. The first-order valence-corrected chi connectivity index (χ1v) is 9.38. The summed E-state index contributed by atoms with van der Waals surface area (Å²) >= 11 is 0. The molecule has 2 fully saturated rings. The van der Waals surface area contributed by atoms with Crippen molar-refractivity contribution >= 4 is 5.91 Å². The quantitative estimate of drug-likeness (QED) is 0.845. The molecule has 1 atom stereocenters. The molecule has 0 N–H and O–H groups in total. The van der Waals surface area contributed by atoms with Crippen LogP contribution in [0.25, 0.3) is 0 Å². The van der Waals surface area contributed by atoms with Gasteiger partial charge in [-0.25, -0.2) is 0 Å². The van der Waals surface area contributed by atoms with E-state index in [9.17, 15) is 4.79 Å². The number of benzene rings is 1. The maximum atomic E-state index is 12.9. The highest BCUT2D eigenvalue weighted by molar-refractivity contribution is 5.82. The molecule has 2 aliphatic heterocycles. The van der Waals surface area contributed by atoms with E-state index < -0.39 is 0 Å². The highest BCUT2D eigenvalue weighted by Gasteiger charge is 2.30. The molecule has 1 aromatic carbocycles. The number of likely N-dealkylation sites (tertiary alicyclic amines) is 1. The van der Waals surface area contributed by atoms with Crippen LogP contribution in [0.15, 0.2) is 24.3 Å². The van der Waals surface area contributed by atoms with Crippen molar-refractivity contribution in [1.82, 2.24) is 14.7 Å². The first-order valence-electron chi connectivity index (χ1n) is 9.38. The van der Waals surface area contributed by atoms with Gasteiger partial charge in [0.1, 0.15) is 0 Å². The molecule has 134 valence electrons. The summed E-state index contributed by atoms with van der Waals surface area (Å²) in [6.07, 6.45) is 4.40. The molecule has 25 heavy (non-hydrogen) atoms. The summed E-state index contributed by atoms with van der Waals surface area (Å²) in [5.74, 6) is 0.322. The van der Waals surface area contributed by atoms with Gasteiger partial charge in [0.25, 0.3) is 0 Å². The summed E-state index contributed by atoms with van der Waals surface area (Å²) in [6, 6.07) is 10.1. The number of hydrogen-bond acceptors (Lipinski definition) is 4. The van der Waals surface area contributed by atoms with E-state index >= 15 is 0 Å². The van der Waals surface area contributed by atoms with Crippen molar-refractivity contribution in [2.45, 2.75) is 38.3 Å². The molecular formula is C20H28N4O. The van der Waals surface area contributed by atoms with Crippen molar-refractivity contribution in [2.75, 3.05) is 39.8 Å². The zero-order valence-corrected chi connectivity index (χ0v) is 15.2. The van der Waals surface area contributed by atoms with Crippen molar-refractivity contribution < 1.29 is 4.79 Å². The molecule has 1 amide bonds. The van der Waals surface area contributed by atoms with Gasteiger partial charge in [0.05, 0.1) is 17.7 Å². The number of amides is 1. The molecule has 0 aliphatic carbocycles. The predicted octanol–water partition coefficient (Wildman–Crippen LogP) is 2.08. The SMILES string of the molecule is CN1CCCCC1C(=O)N1CCCN(Cc2ccc(C#N)cc2)CC1. The second kappa shape index (κ2) is 8.46. The maximum absolute atomic E-state index is 12.9. The third-order valence-corrected chi connectivity index (χ3v) is 5.44. The van der Waals surface area contributed by atoms with Crippen molar-refractivity contribution in [3.63, 3.8) is 0 Å². The van der Waals surface area contributed by atoms with E-state index in [0.717, 1.165) is 52.1 Å². The number of piperidine rings is 1. The minimum absolute atomic E-state index is 0.0822. The van der Waals surface area contributed by atoms with Gasteiger partial charge in [-0.05, 0) is 50.6 Å². The van der Waals surface area contributed by atoms with Gasteiger partial charge in [-0.3, -0.25) is 14.6 Å². The van der Waals surface area contributed by atoms with Crippen molar-refractivity contribution in [1.29, 1.82) is 5.26 Å². The minimum Gasteiger partial charge on any atom is -0.340 e. The molecule has 0 bridgehead atoms. The van der Waals surface area contributed by atoms with Crippen LogP contribution in [0, 0.1) is 11.3 Å². The second-order valence-corrected chi connectivity index (χ2v) is 7.26. The molecule has 0 radical (unpaired) electrons. The maximum Gasteiger partial charge on any atom is 0.239 e. The largest absolute Gasteiger partial charge is 0.340 e. The lowest BCUT2D eigenvalue weighted by atomic mass is 10.0. The normalized spacial score (nSPS) is 23.0. The molecule has 5 heteroatoms. The van der Waals surface area contributed by atoms with Gasteiger partial charge >= 0.3 is 0 Å². The van der Waals surface area contributed by atoms with Crippen molar-refractivity contribution in [3.8, 4) is 6.07 Å². The smallest absolute Gasteiger partial charge is 0.239 e. The Hall–Kier alpha value is -1.90. The van der Waals surface area contributed by atoms with Gasteiger partial charge in [0, 0.05) is 32.7 Å². The third kappa shape index (κ3) is 4.59. The van der Waals surface area contributed by atoms with Gasteiger partial charge in [-0.15, -0.1) is 0 Å². The predicted molar refractivity (Wildman–Crippen MR) is 97.9 cm³/mol. The third-order valence-electron chi connectivity index (χ3n) is 5.44. The van der Waals surface area contributed by atoms with Crippen LogP contribution < -0.4 is 0 Å². The Morgan fingerprint density at radius 1 is 1.08 bits per heavy atom. The highest BCUT2D eigenvalue weighted by Crippen LogP contribution is 2.18. The van der Waals surface area contributed by atoms with Gasteiger partial charge in [-0.2, -0.15) is 5.26 Å². The van der Waals surface area contributed by atoms with Gasteiger partial charge in [0.15, 0.2) is 0 Å². The molecule has 1 aromatic rings. The van der Waals surface area contributed by atoms with Crippen LogP contribution in [0.2, 0.25) is 0 Å². The molecule has 0 spiro atoms. The summed E-state index contributed by atoms with van der Waals surface area (Å²) in [5.41, 5.74) is 1.93. The van der Waals surface area contributed by atoms with E-state index in [1.54, 1.807) is 0 Å². The van der Waals surface area contributed by atoms with Crippen LogP contribution in [0.4, 0.5) is 0 Å². The highest BCUT2D eigenvalue weighted by atomic mass is 16.2. The summed E-state index contributed by atoms with van der Waals surface area (Å²) < 4.78 is 0. The molecule has 1 unspecified atom stereocenters. The van der Waals surface area contributed by atoms with E-state index in [1.165, 1.54) is 18.4 Å². The number of carbonyl (C=O) groups excluding carboxylic acids is 1. The van der Waals surface area contributed by atoms with Crippen LogP contribution in [0.5, 0.6) is 0 Å². The number of carbonyl (C=O) groups is 1. The van der Waals surface area contributed by atoms with Crippen LogP contribution in [0.1, 0.15) is 36.8 Å². The number of nitriles is 1. The minimum atomic E-state index is 0.0822.